The van der Waals surface area contributed by atoms with Crippen LogP contribution >= 0.6 is 11.6 Å². The van der Waals surface area contributed by atoms with Crippen LogP contribution in [0.2, 0.25) is 0 Å². The van der Waals surface area contributed by atoms with E-state index in [1.807, 2.05) is 0 Å². The molecule has 0 atom stereocenters. The fraction of sp³-hybridized carbons (Fsp3) is 0.143. The highest BCUT2D eigenvalue weighted by Crippen LogP contribution is 2.47. The molecule has 1 aliphatic rings. The summed E-state index contributed by atoms with van der Waals surface area (Å²) in [6, 6.07) is 26.0. The van der Waals surface area contributed by atoms with Crippen LogP contribution in [0.15, 0.2) is 72.8 Å². The van der Waals surface area contributed by atoms with Gasteiger partial charge in [-0.2, -0.15) is 0 Å². The maximum Gasteiger partial charge on any atom is 0.0490 e. The van der Waals surface area contributed by atoms with Gasteiger partial charge in [0.1, 0.15) is 0 Å². The Hall–Kier alpha value is -2.25. The van der Waals surface area contributed by atoms with Crippen molar-refractivity contribution in [2.45, 2.75) is 6.42 Å². The van der Waals surface area contributed by atoms with E-state index in [9.17, 15) is 0 Å². The second-order valence-corrected chi connectivity index (χ2v) is 6.15. The van der Waals surface area contributed by atoms with Crippen molar-refractivity contribution in [2.24, 2.45) is 0 Å². The van der Waals surface area contributed by atoms with E-state index in [0.29, 0.717) is 5.88 Å². The number of hydrogen-bond donors (Lipinski definition) is 0. The first-order valence-electron chi connectivity index (χ1n) is 8.01. The Morgan fingerprint density at radius 3 is 1.52 bits per heavy atom. The van der Waals surface area contributed by atoms with Crippen LogP contribution in [0.4, 0.5) is 11.4 Å². The van der Waals surface area contributed by atoms with E-state index < -0.39 is 0 Å². The van der Waals surface area contributed by atoms with E-state index in [2.05, 4.69) is 77.7 Å². The minimum Gasteiger partial charge on any atom is -0.340 e. The molecule has 0 aliphatic carbocycles. The van der Waals surface area contributed by atoms with Crippen LogP contribution in [0.1, 0.15) is 6.42 Å². The number of nitrogens with zero attached hydrogens (tertiary/aromatic N) is 1. The summed E-state index contributed by atoms with van der Waals surface area (Å²) in [6.45, 7) is 0.922. The average Bonchev–Trinajstić information content (AvgIpc) is 2.74. The summed E-state index contributed by atoms with van der Waals surface area (Å²) in [4.78, 5) is 2.41. The number of benzene rings is 3. The number of rotatable bonds is 3. The summed E-state index contributed by atoms with van der Waals surface area (Å²) in [6.07, 6.45) is 0.959. The molecule has 0 radical (unpaired) electrons. The van der Waals surface area contributed by atoms with Crippen molar-refractivity contribution >= 4 is 23.0 Å². The molecule has 3 aromatic rings. The predicted octanol–water partition coefficient (Wildman–Crippen LogP) is 6.10. The second kappa shape index (κ2) is 6.10. The van der Waals surface area contributed by atoms with Gasteiger partial charge < -0.3 is 4.90 Å². The first-order chi connectivity index (χ1) is 11.4. The summed E-state index contributed by atoms with van der Waals surface area (Å²) < 4.78 is 0. The Labute approximate surface area is 142 Å². The Balaban J connectivity index is 2.04. The summed E-state index contributed by atoms with van der Waals surface area (Å²) in [5, 5.41) is 0. The Kier molecular flexibility index (Phi) is 3.80. The summed E-state index contributed by atoms with van der Waals surface area (Å²) in [5.74, 6) is 0.674. The highest BCUT2D eigenvalue weighted by molar-refractivity contribution is 6.17. The molecule has 0 aromatic heterocycles. The fourth-order valence-corrected chi connectivity index (χ4v) is 3.53. The van der Waals surface area contributed by atoms with Crippen LogP contribution in [0.3, 0.4) is 0 Å². The smallest absolute Gasteiger partial charge is 0.0490 e. The lowest BCUT2D eigenvalue weighted by molar-refractivity contribution is 0.893. The van der Waals surface area contributed by atoms with Gasteiger partial charge in [-0.25, -0.2) is 0 Å². The molecule has 4 rings (SSSR count). The van der Waals surface area contributed by atoms with Gasteiger partial charge in [0, 0.05) is 34.9 Å². The Morgan fingerprint density at radius 2 is 1.04 bits per heavy atom. The second-order valence-electron chi connectivity index (χ2n) is 5.77. The first-order valence-corrected chi connectivity index (χ1v) is 8.55. The minimum atomic E-state index is 0.674. The SMILES string of the molecule is ClCCCN1c2ccccc2-c2ccccc2-c2ccccc21. The fourth-order valence-electron chi connectivity index (χ4n) is 3.41. The molecule has 23 heavy (non-hydrogen) atoms. The van der Waals surface area contributed by atoms with E-state index in [-0.39, 0.29) is 0 Å². The van der Waals surface area contributed by atoms with Gasteiger partial charge in [0.25, 0.3) is 0 Å². The third kappa shape index (κ3) is 2.42. The lowest BCUT2D eigenvalue weighted by Gasteiger charge is -2.26. The van der Waals surface area contributed by atoms with Crippen molar-refractivity contribution in [1.29, 1.82) is 0 Å². The van der Waals surface area contributed by atoms with Crippen molar-refractivity contribution in [1.82, 2.24) is 0 Å². The van der Waals surface area contributed by atoms with Crippen molar-refractivity contribution in [3.63, 3.8) is 0 Å². The third-order valence-electron chi connectivity index (χ3n) is 4.41. The van der Waals surface area contributed by atoms with Crippen LogP contribution < -0.4 is 4.90 Å². The van der Waals surface area contributed by atoms with Gasteiger partial charge in [0.15, 0.2) is 0 Å². The average molecular weight is 320 g/mol. The Bertz CT molecular complexity index is 774. The van der Waals surface area contributed by atoms with Crippen molar-refractivity contribution in [3.05, 3.63) is 72.8 Å². The maximum absolute atomic E-state index is 5.98. The van der Waals surface area contributed by atoms with Gasteiger partial charge in [-0.1, -0.05) is 60.7 Å². The molecule has 0 bridgehead atoms. The molecule has 2 heteroatoms. The zero-order valence-electron chi connectivity index (χ0n) is 12.9. The molecule has 0 unspecified atom stereocenters. The maximum atomic E-state index is 5.98. The molecule has 0 amide bonds. The standard InChI is InChI=1S/C21H18ClN/c22-14-7-15-23-20-12-5-3-10-18(20)16-8-1-2-9-17(16)19-11-4-6-13-21(19)23/h1-6,8-13H,7,14-15H2. The summed E-state index contributed by atoms with van der Waals surface area (Å²) in [5.41, 5.74) is 7.68. The number of anilines is 2. The van der Waals surface area contributed by atoms with Crippen molar-refractivity contribution < 1.29 is 0 Å². The normalized spacial score (nSPS) is 12.1. The van der Waals surface area contributed by atoms with E-state index in [4.69, 9.17) is 11.6 Å². The van der Waals surface area contributed by atoms with Crippen LogP contribution in [-0.4, -0.2) is 12.4 Å². The van der Waals surface area contributed by atoms with E-state index in [1.165, 1.54) is 33.6 Å². The van der Waals surface area contributed by atoms with Crippen LogP contribution in [0.25, 0.3) is 22.3 Å². The zero-order valence-corrected chi connectivity index (χ0v) is 13.6. The largest absolute Gasteiger partial charge is 0.340 e. The molecule has 3 aromatic carbocycles. The third-order valence-corrected chi connectivity index (χ3v) is 4.68. The van der Waals surface area contributed by atoms with E-state index in [0.717, 1.165) is 13.0 Å². The molecule has 0 spiro atoms. The highest BCUT2D eigenvalue weighted by atomic mass is 35.5. The Morgan fingerprint density at radius 1 is 0.609 bits per heavy atom. The molecule has 0 N–H and O–H groups in total. The molecule has 114 valence electrons. The van der Waals surface area contributed by atoms with Crippen LogP contribution in [-0.2, 0) is 0 Å². The molecule has 0 saturated carbocycles. The molecular formula is C21H18ClN. The molecule has 1 heterocycles. The quantitative estimate of drug-likeness (QED) is 0.527. The van der Waals surface area contributed by atoms with Crippen LogP contribution in [0.5, 0.6) is 0 Å². The number of fused-ring (bicyclic) bond motifs is 5. The predicted molar refractivity (Wildman–Crippen MR) is 99.7 cm³/mol. The van der Waals surface area contributed by atoms with Gasteiger partial charge >= 0.3 is 0 Å². The monoisotopic (exact) mass is 319 g/mol. The highest BCUT2D eigenvalue weighted by Gasteiger charge is 2.23. The molecule has 0 saturated heterocycles. The zero-order chi connectivity index (χ0) is 15.6. The number of hydrogen-bond acceptors (Lipinski definition) is 1. The van der Waals surface area contributed by atoms with E-state index in [1.54, 1.807) is 0 Å². The van der Waals surface area contributed by atoms with Gasteiger partial charge in [0.05, 0.1) is 0 Å². The number of para-hydroxylation sites is 2. The topological polar surface area (TPSA) is 3.24 Å². The van der Waals surface area contributed by atoms with Crippen LogP contribution in [0, 0.1) is 0 Å². The van der Waals surface area contributed by atoms with Gasteiger partial charge in [0.2, 0.25) is 0 Å². The lowest BCUT2D eigenvalue weighted by Crippen LogP contribution is -2.19. The van der Waals surface area contributed by atoms with Crippen molar-refractivity contribution in [3.8, 4) is 22.3 Å². The van der Waals surface area contributed by atoms with Gasteiger partial charge in [-0.05, 0) is 29.7 Å². The summed E-state index contributed by atoms with van der Waals surface area (Å²) >= 11 is 5.98. The minimum absolute atomic E-state index is 0.674. The van der Waals surface area contributed by atoms with E-state index >= 15 is 0 Å². The molecule has 1 aliphatic heterocycles. The molecular weight excluding hydrogens is 302 g/mol. The molecule has 1 nitrogen and oxygen atoms in total. The molecule has 0 fully saturated rings. The van der Waals surface area contributed by atoms with Gasteiger partial charge in [-0.15, -0.1) is 11.6 Å². The van der Waals surface area contributed by atoms with Crippen molar-refractivity contribution in [2.75, 3.05) is 17.3 Å². The number of halogens is 1. The summed E-state index contributed by atoms with van der Waals surface area (Å²) in [7, 11) is 0. The van der Waals surface area contributed by atoms with Gasteiger partial charge in [-0.3, -0.25) is 0 Å². The lowest BCUT2D eigenvalue weighted by atomic mass is 9.95. The number of alkyl halides is 1. The first kappa shape index (κ1) is 14.3.